The lowest BCUT2D eigenvalue weighted by Crippen LogP contribution is -2.06. The van der Waals surface area contributed by atoms with E-state index in [1.165, 1.54) is 5.56 Å². The number of aryl methyl sites for hydroxylation is 1. The molecule has 0 atom stereocenters. The fraction of sp³-hybridized carbons (Fsp3) is 0.0952. The lowest BCUT2D eigenvalue weighted by Gasteiger charge is -2.07. The summed E-state index contributed by atoms with van der Waals surface area (Å²) < 4.78 is 2.10. The van der Waals surface area contributed by atoms with Gasteiger partial charge in [-0.15, -0.1) is 0 Å². The number of aliphatic imine (C=N–C) groups is 1. The van der Waals surface area contributed by atoms with E-state index < -0.39 is 0 Å². The normalized spacial score (nSPS) is 12.2. The molecular formula is C21H18N2O. The van der Waals surface area contributed by atoms with Crippen LogP contribution in [0.5, 0.6) is 5.75 Å². The minimum absolute atomic E-state index is 0.259. The summed E-state index contributed by atoms with van der Waals surface area (Å²) in [6, 6.07) is 21.9. The van der Waals surface area contributed by atoms with Gasteiger partial charge in [-0.1, -0.05) is 35.9 Å². The summed E-state index contributed by atoms with van der Waals surface area (Å²) in [4.78, 5) is 4.77. The van der Waals surface area contributed by atoms with Gasteiger partial charge >= 0.3 is 0 Å². The van der Waals surface area contributed by atoms with Crippen LogP contribution in [0.25, 0.3) is 21.8 Å². The molecule has 0 amide bonds. The molecule has 0 bridgehead atoms. The van der Waals surface area contributed by atoms with Crippen LogP contribution in [0.3, 0.4) is 0 Å². The monoisotopic (exact) mass is 314 g/mol. The van der Waals surface area contributed by atoms with Crippen LogP contribution >= 0.6 is 0 Å². The molecule has 3 heteroatoms. The molecule has 0 spiro atoms. The third-order valence-electron chi connectivity index (χ3n) is 4.31. The molecule has 4 rings (SSSR count). The summed E-state index contributed by atoms with van der Waals surface area (Å²) in [7, 11) is 0. The highest BCUT2D eigenvalue weighted by Crippen LogP contribution is 2.31. The van der Waals surface area contributed by atoms with Crippen molar-refractivity contribution in [1.82, 2.24) is 4.57 Å². The second-order valence-electron chi connectivity index (χ2n) is 6.05. The van der Waals surface area contributed by atoms with Gasteiger partial charge in [0.15, 0.2) is 0 Å². The Morgan fingerprint density at radius 3 is 2.38 bits per heavy atom. The number of phenolic OH excluding ortho intramolecular Hbond substituents is 1. The van der Waals surface area contributed by atoms with Gasteiger partial charge in [-0.25, -0.2) is 4.99 Å². The molecule has 0 aliphatic carbocycles. The summed E-state index contributed by atoms with van der Waals surface area (Å²) in [5.41, 5.74) is 4.19. The first kappa shape index (κ1) is 14.5. The molecule has 0 fully saturated rings. The number of aromatic nitrogens is 1. The Labute approximate surface area is 140 Å². The quantitative estimate of drug-likeness (QED) is 0.370. The number of phenols is 1. The molecule has 4 aromatic rings. The van der Waals surface area contributed by atoms with Gasteiger partial charge in [-0.05, 0) is 44.2 Å². The molecule has 3 nitrogen and oxygen atoms in total. The summed E-state index contributed by atoms with van der Waals surface area (Å²) in [6.45, 7) is 4.06. The van der Waals surface area contributed by atoms with E-state index in [9.17, 15) is 5.11 Å². The van der Waals surface area contributed by atoms with Gasteiger partial charge in [0.25, 0.3) is 0 Å². The zero-order valence-electron chi connectivity index (χ0n) is 13.7. The largest absolute Gasteiger partial charge is 0.508 e. The number of nitrogens with zero attached hydrogens (tertiary/aromatic N) is 2. The minimum Gasteiger partial charge on any atom is -0.508 e. The summed E-state index contributed by atoms with van der Waals surface area (Å²) in [5.74, 6) is 1.13. The topological polar surface area (TPSA) is 37.5 Å². The second-order valence-corrected chi connectivity index (χ2v) is 6.05. The third kappa shape index (κ3) is 2.35. The fourth-order valence-corrected chi connectivity index (χ4v) is 3.16. The highest BCUT2D eigenvalue weighted by molar-refractivity contribution is 6.14. The smallest absolute Gasteiger partial charge is 0.117 e. The van der Waals surface area contributed by atoms with Crippen molar-refractivity contribution < 1.29 is 5.11 Å². The van der Waals surface area contributed by atoms with Crippen LogP contribution in [-0.2, 0) is 0 Å². The van der Waals surface area contributed by atoms with Crippen molar-refractivity contribution in [2.75, 3.05) is 0 Å². The first-order chi connectivity index (χ1) is 11.6. The molecule has 0 saturated carbocycles. The molecule has 0 aliphatic rings. The Balaban J connectivity index is 2.00. The van der Waals surface area contributed by atoms with Gasteiger partial charge in [0.2, 0.25) is 0 Å². The molecule has 0 saturated heterocycles. The summed E-state index contributed by atoms with van der Waals surface area (Å²) in [5, 5.41) is 12.2. The van der Waals surface area contributed by atoms with Crippen molar-refractivity contribution in [3.8, 4) is 5.75 Å². The van der Waals surface area contributed by atoms with Crippen LogP contribution in [-0.4, -0.2) is 15.5 Å². The van der Waals surface area contributed by atoms with Crippen molar-refractivity contribution >= 4 is 33.3 Å². The summed E-state index contributed by atoms with van der Waals surface area (Å²) in [6.07, 6.45) is 0. The van der Waals surface area contributed by atoms with Crippen molar-refractivity contribution in [2.45, 2.75) is 13.8 Å². The molecule has 1 N–H and O–H groups in total. The van der Waals surface area contributed by atoms with Gasteiger partial charge in [0.05, 0.1) is 16.7 Å². The SMILES string of the molecule is CC(=Nc1ccc(C)cc1)n1c2ccccc2c2ccc(O)cc21. The van der Waals surface area contributed by atoms with E-state index in [2.05, 4.69) is 35.8 Å². The number of para-hydroxylation sites is 1. The maximum atomic E-state index is 9.93. The number of aromatic hydroxyl groups is 1. The number of fused-ring (bicyclic) bond motifs is 3. The van der Waals surface area contributed by atoms with Crippen LogP contribution in [0.2, 0.25) is 0 Å². The Kier molecular flexibility index (Phi) is 3.35. The average molecular weight is 314 g/mol. The number of benzene rings is 3. The number of hydrogen-bond donors (Lipinski definition) is 1. The highest BCUT2D eigenvalue weighted by atomic mass is 16.3. The van der Waals surface area contributed by atoms with E-state index in [-0.39, 0.29) is 5.75 Å². The van der Waals surface area contributed by atoms with E-state index in [1.807, 2.05) is 37.3 Å². The first-order valence-corrected chi connectivity index (χ1v) is 7.98. The van der Waals surface area contributed by atoms with E-state index >= 15 is 0 Å². The lowest BCUT2D eigenvalue weighted by atomic mass is 10.1. The average Bonchev–Trinajstić information content (AvgIpc) is 2.90. The molecule has 1 heterocycles. The molecule has 118 valence electrons. The molecule has 0 aliphatic heterocycles. The van der Waals surface area contributed by atoms with Gasteiger partial charge in [0.1, 0.15) is 11.6 Å². The molecular weight excluding hydrogens is 296 g/mol. The predicted molar refractivity (Wildman–Crippen MR) is 100 cm³/mol. The fourth-order valence-electron chi connectivity index (χ4n) is 3.16. The molecule has 0 radical (unpaired) electrons. The van der Waals surface area contributed by atoms with E-state index in [0.717, 1.165) is 33.3 Å². The van der Waals surface area contributed by atoms with Crippen molar-refractivity contribution in [2.24, 2.45) is 4.99 Å². The zero-order valence-corrected chi connectivity index (χ0v) is 13.7. The van der Waals surface area contributed by atoms with Crippen LogP contribution in [0.15, 0.2) is 71.7 Å². The van der Waals surface area contributed by atoms with Crippen molar-refractivity contribution in [3.05, 3.63) is 72.3 Å². The molecule has 3 aromatic carbocycles. The van der Waals surface area contributed by atoms with Crippen LogP contribution in [0, 0.1) is 6.92 Å². The minimum atomic E-state index is 0.259. The predicted octanol–water partition coefficient (Wildman–Crippen LogP) is 5.41. The first-order valence-electron chi connectivity index (χ1n) is 7.98. The van der Waals surface area contributed by atoms with Gasteiger partial charge in [0, 0.05) is 16.8 Å². The van der Waals surface area contributed by atoms with E-state index in [4.69, 9.17) is 4.99 Å². The molecule has 24 heavy (non-hydrogen) atoms. The molecule has 1 aromatic heterocycles. The highest BCUT2D eigenvalue weighted by Gasteiger charge is 2.12. The third-order valence-corrected chi connectivity index (χ3v) is 4.31. The van der Waals surface area contributed by atoms with Crippen molar-refractivity contribution in [1.29, 1.82) is 0 Å². The van der Waals surface area contributed by atoms with Gasteiger partial charge < -0.3 is 5.11 Å². The van der Waals surface area contributed by atoms with Crippen LogP contribution < -0.4 is 0 Å². The van der Waals surface area contributed by atoms with E-state index in [0.29, 0.717) is 0 Å². The molecule has 0 unspecified atom stereocenters. The zero-order chi connectivity index (χ0) is 16.7. The van der Waals surface area contributed by atoms with Gasteiger partial charge in [-0.3, -0.25) is 4.57 Å². The maximum Gasteiger partial charge on any atom is 0.117 e. The lowest BCUT2D eigenvalue weighted by molar-refractivity contribution is 0.476. The van der Waals surface area contributed by atoms with Gasteiger partial charge in [-0.2, -0.15) is 0 Å². The Morgan fingerprint density at radius 1 is 0.875 bits per heavy atom. The second kappa shape index (κ2) is 5.53. The van der Waals surface area contributed by atoms with Crippen LogP contribution in [0.4, 0.5) is 5.69 Å². The summed E-state index contributed by atoms with van der Waals surface area (Å²) >= 11 is 0. The number of hydrogen-bond acceptors (Lipinski definition) is 2. The van der Waals surface area contributed by atoms with Crippen molar-refractivity contribution in [3.63, 3.8) is 0 Å². The standard InChI is InChI=1S/C21H18N2O/c1-14-7-9-16(10-8-14)22-15(2)23-20-6-4-3-5-18(20)19-12-11-17(24)13-21(19)23/h3-13,24H,1-2H3. The van der Waals surface area contributed by atoms with E-state index in [1.54, 1.807) is 12.1 Å². The Hall–Kier alpha value is -3.07. The van der Waals surface area contributed by atoms with Crippen LogP contribution in [0.1, 0.15) is 12.5 Å². The Bertz CT molecular complexity index is 1070. The number of rotatable bonds is 1. The Morgan fingerprint density at radius 2 is 1.58 bits per heavy atom. The maximum absolute atomic E-state index is 9.93.